The molecule has 0 unspecified atom stereocenters. The Morgan fingerprint density at radius 1 is 1.61 bits per heavy atom. The van der Waals surface area contributed by atoms with E-state index in [-0.39, 0.29) is 18.6 Å². The molecule has 0 bridgehead atoms. The van der Waals surface area contributed by atoms with Crippen molar-refractivity contribution in [3.05, 3.63) is 42.0 Å². The summed E-state index contributed by atoms with van der Waals surface area (Å²) in [7, 11) is 0. The number of hydrogen-bond acceptors (Lipinski definition) is 3. The molecule has 98 valence electrons. The van der Waals surface area contributed by atoms with Gasteiger partial charge in [-0.05, 0) is 25.5 Å². The predicted molar refractivity (Wildman–Crippen MR) is 72.5 cm³/mol. The number of aryl methyl sites for hydroxylation is 1. The molecule has 1 atom stereocenters. The number of benzene rings is 1. The zero-order valence-corrected chi connectivity index (χ0v) is 10.9. The normalized spacial score (nSPS) is 11.7. The number of carbonyl (C=O) groups is 1. The van der Waals surface area contributed by atoms with E-state index in [1.807, 2.05) is 32.0 Å². The van der Waals surface area contributed by atoms with Crippen LogP contribution in [0.2, 0.25) is 0 Å². The molecule has 1 rings (SSSR count). The van der Waals surface area contributed by atoms with Crippen LogP contribution in [0.1, 0.15) is 24.1 Å². The third-order valence-corrected chi connectivity index (χ3v) is 2.46. The molecule has 18 heavy (non-hydrogen) atoms. The zero-order valence-electron chi connectivity index (χ0n) is 10.9. The molecule has 1 amide bonds. The molecule has 0 spiro atoms. The Morgan fingerprint density at radius 3 is 2.94 bits per heavy atom. The van der Waals surface area contributed by atoms with E-state index in [0.29, 0.717) is 12.3 Å². The molecule has 0 radical (unpaired) electrons. The smallest absolute Gasteiger partial charge is 0.258 e. The van der Waals surface area contributed by atoms with Crippen molar-refractivity contribution in [1.82, 2.24) is 5.32 Å². The molecular formula is C14H20N2O2. The Morgan fingerprint density at radius 2 is 2.33 bits per heavy atom. The quantitative estimate of drug-likeness (QED) is 0.753. The maximum atomic E-state index is 11.4. The summed E-state index contributed by atoms with van der Waals surface area (Å²) in [5.41, 5.74) is 7.83. The zero-order chi connectivity index (χ0) is 13.5. The maximum absolute atomic E-state index is 11.4. The fourth-order valence-electron chi connectivity index (χ4n) is 1.52. The highest BCUT2D eigenvalue weighted by Crippen LogP contribution is 2.24. The molecule has 4 nitrogen and oxygen atoms in total. The van der Waals surface area contributed by atoms with Gasteiger partial charge in [0.2, 0.25) is 0 Å². The van der Waals surface area contributed by atoms with Crippen LogP contribution in [0.15, 0.2) is 30.9 Å². The molecule has 0 saturated carbocycles. The Balaban J connectivity index is 2.68. The van der Waals surface area contributed by atoms with Crippen molar-refractivity contribution in [1.29, 1.82) is 0 Å². The summed E-state index contributed by atoms with van der Waals surface area (Å²) in [5, 5.41) is 2.65. The summed E-state index contributed by atoms with van der Waals surface area (Å²) in [6, 6.07) is 5.66. The number of carbonyl (C=O) groups excluding carboxylic acids is 1. The number of nitrogens with two attached hydrogens (primary N) is 1. The minimum Gasteiger partial charge on any atom is -0.483 e. The van der Waals surface area contributed by atoms with E-state index in [4.69, 9.17) is 10.5 Å². The average molecular weight is 248 g/mol. The van der Waals surface area contributed by atoms with Gasteiger partial charge < -0.3 is 15.8 Å². The Labute approximate surface area is 108 Å². The molecule has 0 aliphatic carbocycles. The van der Waals surface area contributed by atoms with Crippen molar-refractivity contribution in [2.24, 2.45) is 5.73 Å². The van der Waals surface area contributed by atoms with Gasteiger partial charge in [0, 0.05) is 18.2 Å². The molecule has 0 heterocycles. The number of rotatable bonds is 6. The van der Waals surface area contributed by atoms with Gasteiger partial charge in [-0.15, -0.1) is 6.58 Å². The summed E-state index contributed by atoms with van der Waals surface area (Å²) >= 11 is 0. The third kappa shape index (κ3) is 4.22. The molecule has 0 fully saturated rings. The fraction of sp³-hybridized carbons (Fsp3) is 0.357. The van der Waals surface area contributed by atoms with Crippen LogP contribution in [0.5, 0.6) is 5.75 Å². The van der Waals surface area contributed by atoms with Gasteiger partial charge in [-0.25, -0.2) is 0 Å². The molecule has 1 aromatic rings. The molecule has 3 N–H and O–H groups in total. The van der Waals surface area contributed by atoms with Gasteiger partial charge in [0.1, 0.15) is 5.75 Å². The van der Waals surface area contributed by atoms with E-state index < -0.39 is 0 Å². The Bertz CT molecular complexity index is 428. The van der Waals surface area contributed by atoms with Gasteiger partial charge in [-0.1, -0.05) is 18.2 Å². The molecule has 0 aromatic heterocycles. The van der Waals surface area contributed by atoms with Gasteiger partial charge in [0.15, 0.2) is 6.61 Å². The molecular weight excluding hydrogens is 228 g/mol. The predicted octanol–water partition coefficient (Wildman–Crippen LogP) is 1.70. The lowest BCUT2D eigenvalue weighted by Crippen LogP contribution is -2.29. The average Bonchev–Trinajstić information content (AvgIpc) is 2.33. The van der Waals surface area contributed by atoms with Crippen molar-refractivity contribution >= 4 is 5.91 Å². The lowest BCUT2D eigenvalue weighted by molar-refractivity contribution is -0.122. The van der Waals surface area contributed by atoms with E-state index in [1.54, 1.807) is 6.08 Å². The minimum atomic E-state index is -0.174. The Hall–Kier alpha value is -1.81. The lowest BCUT2D eigenvalue weighted by atomic mass is 10.1. The van der Waals surface area contributed by atoms with Crippen LogP contribution < -0.4 is 15.8 Å². The first-order chi connectivity index (χ1) is 8.54. The van der Waals surface area contributed by atoms with Gasteiger partial charge >= 0.3 is 0 Å². The van der Waals surface area contributed by atoms with E-state index in [1.165, 1.54) is 0 Å². The summed E-state index contributed by atoms with van der Waals surface area (Å²) < 4.78 is 5.51. The van der Waals surface area contributed by atoms with Crippen molar-refractivity contribution < 1.29 is 9.53 Å². The fourth-order valence-corrected chi connectivity index (χ4v) is 1.52. The monoisotopic (exact) mass is 248 g/mol. The van der Waals surface area contributed by atoms with Crippen LogP contribution in [0.4, 0.5) is 0 Å². The summed E-state index contributed by atoms with van der Waals surface area (Å²) in [6.07, 6.45) is 1.62. The van der Waals surface area contributed by atoms with Gasteiger partial charge in [0.05, 0.1) is 0 Å². The SMILES string of the molecule is C=CCNC(=O)COc1cc(C)ccc1[C@H](C)N. The second-order valence-corrected chi connectivity index (χ2v) is 4.21. The highest BCUT2D eigenvalue weighted by molar-refractivity contribution is 5.77. The summed E-state index contributed by atoms with van der Waals surface area (Å²) in [4.78, 5) is 11.4. The van der Waals surface area contributed by atoms with Crippen LogP contribution in [-0.4, -0.2) is 19.1 Å². The molecule has 0 saturated heterocycles. The van der Waals surface area contributed by atoms with E-state index >= 15 is 0 Å². The lowest BCUT2D eigenvalue weighted by Gasteiger charge is -2.14. The molecule has 0 aliphatic heterocycles. The second kappa shape index (κ2) is 6.81. The second-order valence-electron chi connectivity index (χ2n) is 4.21. The highest BCUT2D eigenvalue weighted by Gasteiger charge is 2.10. The van der Waals surface area contributed by atoms with Crippen molar-refractivity contribution in [2.75, 3.05) is 13.2 Å². The van der Waals surface area contributed by atoms with Crippen LogP contribution in [0.3, 0.4) is 0 Å². The highest BCUT2D eigenvalue weighted by atomic mass is 16.5. The third-order valence-electron chi connectivity index (χ3n) is 2.46. The van der Waals surface area contributed by atoms with E-state index in [2.05, 4.69) is 11.9 Å². The molecule has 4 heteroatoms. The molecule has 0 aliphatic rings. The van der Waals surface area contributed by atoms with Crippen molar-refractivity contribution in [3.8, 4) is 5.75 Å². The number of amides is 1. The standard InChI is InChI=1S/C14H20N2O2/c1-4-7-16-14(17)9-18-13-8-10(2)5-6-12(13)11(3)15/h4-6,8,11H,1,7,9,15H2,2-3H3,(H,16,17)/t11-/m0/s1. The van der Waals surface area contributed by atoms with Crippen molar-refractivity contribution in [2.45, 2.75) is 19.9 Å². The number of nitrogens with one attached hydrogen (secondary N) is 1. The van der Waals surface area contributed by atoms with Crippen molar-refractivity contribution in [3.63, 3.8) is 0 Å². The summed E-state index contributed by atoms with van der Waals surface area (Å²) in [5.74, 6) is 0.491. The first-order valence-corrected chi connectivity index (χ1v) is 5.91. The first kappa shape index (κ1) is 14.3. The van der Waals surface area contributed by atoms with Crippen LogP contribution in [0, 0.1) is 6.92 Å². The van der Waals surface area contributed by atoms with Gasteiger partial charge in [-0.2, -0.15) is 0 Å². The topological polar surface area (TPSA) is 64.3 Å². The van der Waals surface area contributed by atoms with Crippen LogP contribution in [0.25, 0.3) is 0 Å². The largest absolute Gasteiger partial charge is 0.483 e. The first-order valence-electron chi connectivity index (χ1n) is 5.91. The van der Waals surface area contributed by atoms with E-state index in [9.17, 15) is 4.79 Å². The number of ether oxygens (including phenoxy) is 1. The van der Waals surface area contributed by atoms with Crippen LogP contribution in [-0.2, 0) is 4.79 Å². The van der Waals surface area contributed by atoms with Crippen LogP contribution >= 0.6 is 0 Å². The van der Waals surface area contributed by atoms with E-state index in [0.717, 1.165) is 11.1 Å². The van der Waals surface area contributed by atoms with Gasteiger partial charge in [0.25, 0.3) is 5.91 Å². The Kier molecular flexibility index (Phi) is 5.39. The number of hydrogen-bond donors (Lipinski definition) is 2. The minimum absolute atomic E-state index is 0.0169. The maximum Gasteiger partial charge on any atom is 0.258 e. The van der Waals surface area contributed by atoms with Gasteiger partial charge in [-0.3, -0.25) is 4.79 Å². The summed E-state index contributed by atoms with van der Waals surface area (Å²) in [6.45, 7) is 7.80. The molecule has 1 aromatic carbocycles.